The van der Waals surface area contributed by atoms with Crippen molar-refractivity contribution in [3.05, 3.63) is 53.2 Å². The second-order valence-corrected chi connectivity index (χ2v) is 10.3. The zero-order chi connectivity index (χ0) is 26.7. The Kier molecular flexibility index (Phi) is 8.14. The lowest BCUT2D eigenvalue weighted by atomic mass is 10.0. The molecule has 0 saturated carbocycles. The van der Waals surface area contributed by atoms with E-state index in [1.165, 1.54) is 29.2 Å². The second kappa shape index (κ2) is 11.3. The van der Waals surface area contributed by atoms with Gasteiger partial charge in [-0.05, 0) is 70.1 Å². The molecule has 0 spiro atoms. The van der Waals surface area contributed by atoms with Crippen LogP contribution in [-0.4, -0.2) is 80.7 Å². The van der Waals surface area contributed by atoms with E-state index >= 15 is 0 Å². The maximum Gasteiger partial charge on any atom is 0.274 e. The fourth-order valence-corrected chi connectivity index (χ4v) is 4.94. The third-order valence-electron chi connectivity index (χ3n) is 7.12. The summed E-state index contributed by atoms with van der Waals surface area (Å²) < 4.78 is 1.48. The molecule has 9 nitrogen and oxygen atoms in total. The fourth-order valence-electron chi connectivity index (χ4n) is 4.94. The van der Waals surface area contributed by atoms with E-state index in [1.807, 2.05) is 32.9 Å². The molecule has 3 N–H and O–H groups in total. The number of aromatic hydroxyl groups is 2. The monoisotopic (exact) mass is 506 g/mol. The Bertz CT molecular complexity index is 1230. The topological polar surface area (TPSA) is 107 Å². The molecule has 1 aliphatic rings. The average Bonchev–Trinajstić information content (AvgIpc) is 3.30. The van der Waals surface area contributed by atoms with Crippen molar-refractivity contribution in [2.45, 2.75) is 52.1 Å². The molecule has 1 aromatic heterocycles. The van der Waals surface area contributed by atoms with E-state index in [1.54, 1.807) is 6.07 Å². The van der Waals surface area contributed by atoms with Gasteiger partial charge in [0, 0.05) is 30.8 Å². The fraction of sp³-hybridized carbons (Fsp3) is 0.464. The number of carbonyl (C=O) groups excluding carboxylic acids is 1. The molecule has 1 fully saturated rings. The van der Waals surface area contributed by atoms with Crippen LogP contribution >= 0.6 is 0 Å². The van der Waals surface area contributed by atoms with Gasteiger partial charge in [-0.3, -0.25) is 9.69 Å². The highest BCUT2D eigenvalue weighted by molar-refractivity contribution is 5.98. The van der Waals surface area contributed by atoms with Crippen molar-refractivity contribution < 1.29 is 15.0 Å². The molecule has 0 radical (unpaired) electrons. The van der Waals surface area contributed by atoms with Crippen molar-refractivity contribution in [2.24, 2.45) is 0 Å². The van der Waals surface area contributed by atoms with Crippen LogP contribution in [0, 0.1) is 0 Å². The van der Waals surface area contributed by atoms with E-state index in [2.05, 4.69) is 51.7 Å². The molecule has 0 bridgehead atoms. The van der Waals surface area contributed by atoms with Crippen LogP contribution in [-0.2, 0) is 6.54 Å². The summed E-state index contributed by atoms with van der Waals surface area (Å²) in [6.45, 7) is 9.23. The maximum absolute atomic E-state index is 12.9. The molecule has 1 amide bonds. The van der Waals surface area contributed by atoms with Gasteiger partial charge in [-0.1, -0.05) is 43.3 Å². The Labute approximate surface area is 218 Å². The molecular weight excluding hydrogens is 468 g/mol. The number of amides is 1. The lowest BCUT2D eigenvalue weighted by Gasteiger charge is -2.35. The summed E-state index contributed by atoms with van der Waals surface area (Å²) in [5.74, 6) is -0.440. The molecule has 0 atom stereocenters. The van der Waals surface area contributed by atoms with Gasteiger partial charge in [0.05, 0.1) is 0 Å². The van der Waals surface area contributed by atoms with Crippen LogP contribution in [0.3, 0.4) is 0 Å². The zero-order valence-corrected chi connectivity index (χ0v) is 22.4. The van der Waals surface area contributed by atoms with Gasteiger partial charge in [-0.25, -0.2) is 4.68 Å². The van der Waals surface area contributed by atoms with Gasteiger partial charge in [-0.2, -0.15) is 0 Å². The molecule has 9 heteroatoms. The summed E-state index contributed by atoms with van der Waals surface area (Å²) in [5.41, 5.74) is 3.65. The predicted octanol–water partition coefficient (Wildman–Crippen LogP) is 3.74. The largest absolute Gasteiger partial charge is 0.508 e. The van der Waals surface area contributed by atoms with E-state index in [0.717, 1.165) is 25.2 Å². The van der Waals surface area contributed by atoms with E-state index in [4.69, 9.17) is 0 Å². The van der Waals surface area contributed by atoms with Crippen LogP contribution in [0.25, 0.3) is 16.9 Å². The Balaban J connectivity index is 1.67. The van der Waals surface area contributed by atoms with Gasteiger partial charge in [0.15, 0.2) is 5.69 Å². The Morgan fingerprint density at radius 3 is 2.38 bits per heavy atom. The summed E-state index contributed by atoms with van der Waals surface area (Å²) in [7, 11) is 4.30. The molecule has 4 rings (SSSR count). The second-order valence-electron chi connectivity index (χ2n) is 10.3. The first-order valence-electron chi connectivity index (χ1n) is 13.0. The normalized spacial score (nSPS) is 15.0. The van der Waals surface area contributed by atoms with Crippen molar-refractivity contribution in [1.82, 2.24) is 30.1 Å². The molecule has 0 unspecified atom stereocenters. The summed E-state index contributed by atoms with van der Waals surface area (Å²) in [6.07, 6.45) is 2.33. The first-order chi connectivity index (χ1) is 17.7. The molecule has 198 valence electrons. The van der Waals surface area contributed by atoms with Crippen molar-refractivity contribution in [3.8, 4) is 28.4 Å². The third kappa shape index (κ3) is 5.78. The summed E-state index contributed by atoms with van der Waals surface area (Å²) in [4.78, 5) is 17.6. The number of nitrogens with one attached hydrogen (secondary N) is 1. The number of piperidine rings is 1. The van der Waals surface area contributed by atoms with Crippen LogP contribution in [0.2, 0.25) is 0 Å². The molecule has 2 heterocycles. The first-order valence-corrected chi connectivity index (χ1v) is 13.0. The quantitative estimate of drug-likeness (QED) is 0.427. The van der Waals surface area contributed by atoms with Crippen LogP contribution in [0.15, 0.2) is 36.4 Å². The number of hydrogen-bond donors (Lipinski definition) is 3. The number of phenols is 2. The predicted molar refractivity (Wildman–Crippen MR) is 144 cm³/mol. The van der Waals surface area contributed by atoms with Crippen molar-refractivity contribution in [1.29, 1.82) is 0 Å². The van der Waals surface area contributed by atoms with Gasteiger partial charge in [-0.15, -0.1) is 5.10 Å². The van der Waals surface area contributed by atoms with Crippen LogP contribution in [0.5, 0.6) is 11.5 Å². The van der Waals surface area contributed by atoms with E-state index in [-0.39, 0.29) is 29.0 Å². The van der Waals surface area contributed by atoms with Crippen LogP contribution < -0.4 is 5.32 Å². The molecule has 37 heavy (non-hydrogen) atoms. The highest BCUT2D eigenvalue weighted by atomic mass is 16.3. The minimum absolute atomic E-state index is 0.0147. The zero-order valence-electron chi connectivity index (χ0n) is 22.4. The lowest BCUT2D eigenvalue weighted by molar-refractivity contribution is 0.0951. The number of benzene rings is 2. The minimum Gasteiger partial charge on any atom is -0.508 e. The Hall–Kier alpha value is -3.43. The van der Waals surface area contributed by atoms with Crippen LogP contribution in [0.1, 0.15) is 61.1 Å². The molecule has 0 aliphatic carbocycles. The van der Waals surface area contributed by atoms with E-state index in [9.17, 15) is 15.0 Å². The number of hydrogen-bond acceptors (Lipinski definition) is 7. The molecular formula is C28H38N6O3. The van der Waals surface area contributed by atoms with Crippen molar-refractivity contribution in [3.63, 3.8) is 0 Å². The number of aromatic nitrogens is 3. The van der Waals surface area contributed by atoms with Crippen LogP contribution in [0.4, 0.5) is 0 Å². The van der Waals surface area contributed by atoms with Crippen molar-refractivity contribution in [2.75, 3.05) is 33.7 Å². The number of nitrogens with zero attached hydrogens (tertiary/aromatic N) is 5. The molecule has 1 saturated heterocycles. The van der Waals surface area contributed by atoms with E-state index in [0.29, 0.717) is 29.5 Å². The Morgan fingerprint density at radius 1 is 1.11 bits per heavy atom. The van der Waals surface area contributed by atoms with Crippen molar-refractivity contribution >= 4 is 5.91 Å². The molecule has 1 aliphatic heterocycles. The van der Waals surface area contributed by atoms with Gasteiger partial charge >= 0.3 is 0 Å². The number of rotatable bonds is 8. The summed E-state index contributed by atoms with van der Waals surface area (Å²) in [5, 5.41) is 32.2. The highest BCUT2D eigenvalue weighted by Crippen LogP contribution is 2.36. The molecule has 2 aromatic carbocycles. The van der Waals surface area contributed by atoms with Gasteiger partial charge in [0.1, 0.15) is 22.9 Å². The maximum atomic E-state index is 12.9. The minimum atomic E-state index is -0.334. The van der Waals surface area contributed by atoms with E-state index < -0.39 is 0 Å². The van der Waals surface area contributed by atoms with Gasteiger partial charge in [0.2, 0.25) is 0 Å². The highest BCUT2D eigenvalue weighted by Gasteiger charge is 2.25. The Morgan fingerprint density at radius 2 is 1.78 bits per heavy atom. The number of likely N-dealkylation sites (tertiary alicyclic amines) is 1. The van der Waals surface area contributed by atoms with Gasteiger partial charge in [0.25, 0.3) is 5.91 Å². The average molecular weight is 507 g/mol. The standard InChI is InChI=1S/C28H38N6O3/c1-6-29-28(37)26-27(34(31-30-26)23-15-22(18(2)3)24(35)16-25(23)36)20-9-7-19(8-10-20)17-33-13-11-21(12-14-33)32(4)5/h7-10,15-16,18,21,35-36H,6,11-14,17H2,1-5H3,(H,29,37). The van der Waals surface area contributed by atoms with Gasteiger partial charge < -0.3 is 20.4 Å². The third-order valence-corrected chi connectivity index (χ3v) is 7.12. The first kappa shape index (κ1) is 26.6. The SMILES string of the molecule is CCNC(=O)c1nnn(-c2cc(C(C)C)c(O)cc2O)c1-c1ccc(CN2CCC(N(C)C)CC2)cc1. The summed E-state index contributed by atoms with van der Waals surface area (Å²) >= 11 is 0. The number of carbonyl (C=O) groups is 1. The number of phenolic OH excluding ortho intramolecular Hbond substituents is 2. The summed E-state index contributed by atoms with van der Waals surface area (Å²) in [6, 6.07) is 11.7. The smallest absolute Gasteiger partial charge is 0.274 e. The lowest BCUT2D eigenvalue weighted by Crippen LogP contribution is -2.41. The molecule has 3 aromatic rings.